The van der Waals surface area contributed by atoms with Gasteiger partial charge in [-0.2, -0.15) is 0 Å². The van der Waals surface area contributed by atoms with E-state index in [4.69, 9.17) is 5.11 Å². The van der Waals surface area contributed by atoms with E-state index in [1.165, 1.54) is 0 Å². The van der Waals surface area contributed by atoms with Gasteiger partial charge in [-0.15, -0.1) is 0 Å². The highest BCUT2D eigenvalue weighted by Gasteiger charge is 2.18. The Morgan fingerprint density at radius 1 is 1.42 bits per heavy atom. The zero-order valence-corrected chi connectivity index (χ0v) is 11.6. The Bertz CT molecular complexity index is 451. The number of hydrogen-bond acceptors (Lipinski definition) is 3. The average Bonchev–Trinajstić information content (AvgIpc) is 2.42. The van der Waals surface area contributed by atoms with Crippen LogP contribution in [0, 0.1) is 6.92 Å². The molecular weight excluding hydrogens is 240 g/mol. The van der Waals surface area contributed by atoms with Crippen molar-refractivity contribution in [3.8, 4) is 0 Å². The van der Waals surface area contributed by atoms with E-state index >= 15 is 0 Å². The molecule has 0 aromatic heterocycles. The summed E-state index contributed by atoms with van der Waals surface area (Å²) in [5.41, 5.74) is 2.40. The van der Waals surface area contributed by atoms with Gasteiger partial charge in [-0.3, -0.25) is 0 Å². The summed E-state index contributed by atoms with van der Waals surface area (Å²) < 4.78 is 0. The lowest BCUT2D eigenvalue weighted by atomic mass is 10.0. The smallest absolute Gasteiger partial charge is 0.335 e. The fourth-order valence-corrected chi connectivity index (χ4v) is 2.52. The summed E-state index contributed by atoms with van der Waals surface area (Å²) in [6.45, 7) is 7.54. The maximum Gasteiger partial charge on any atom is 0.335 e. The van der Waals surface area contributed by atoms with Crippen molar-refractivity contribution in [2.24, 2.45) is 0 Å². The van der Waals surface area contributed by atoms with Gasteiger partial charge in [0.2, 0.25) is 0 Å². The minimum absolute atomic E-state index is 0.346. The first kappa shape index (κ1) is 13.9. The monoisotopic (exact) mass is 262 g/mol. The van der Waals surface area contributed by atoms with E-state index in [0.29, 0.717) is 11.6 Å². The number of nitrogens with zero attached hydrogens (tertiary/aromatic N) is 1. The van der Waals surface area contributed by atoms with Crippen molar-refractivity contribution in [3.05, 3.63) is 29.3 Å². The molecule has 0 amide bonds. The Kier molecular flexibility index (Phi) is 4.43. The Balaban J connectivity index is 2.03. The molecule has 0 bridgehead atoms. The van der Waals surface area contributed by atoms with E-state index in [1.54, 1.807) is 12.1 Å². The Labute approximate surface area is 114 Å². The zero-order valence-electron chi connectivity index (χ0n) is 11.6. The van der Waals surface area contributed by atoms with Gasteiger partial charge in [0.1, 0.15) is 0 Å². The third-order valence-electron chi connectivity index (χ3n) is 3.88. The number of benzene rings is 1. The van der Waals surface area contributed by atoms with Crippen molar-refractivity contribution in [2.75, 3.05) is 25.0 Å². The normalized spacial score (nSPS) is 17.4. The van der Waals surface area contributed by atoms with Crippen molar-refractivity contribution in [1.82, 2.24) is 4.90 Å². The summed E-state index contributed by atoms with van der Waals surface area (Å²) in [5, 5.41) is 12.5. The lowest BCUT2D eigenvalue weighted by Crippen LogP contribution is -2.38. The molecule has 4 heteroatoms. The van der Waals surface area contributed by atoms with E-state index < -0.39 is 5.97 Å². The number of anilines is 1. The first-order valence-electron chi connectivity index (χ1n) is 6.93. The third-order valence-corrected chi connectivity index (χ3v) is 3.88. The summed E-state index contributed by atoms with van der Waals surface area (Å²) in [4.78, 5) is 13.4. The molecule has 0 radical (unpaired) electrons. The largest absolute Gasteiger partial charge is 0.478 e. The summed E-state index contributed by atoms with van der Waals surface area (Å²) in [6, 6.07) is 5.71. The summed E-state index contributed by atoms with van der Waals surface area (Å²) in [5.74, 6) is -0.871. The van der Waals surface area contributed by atoms with Crippen LogP contribution in [0.3, 0.4) is 0 Å². The number of rotatable bonds is 4. The van der Waals surface area contributed by atoms with E-state index in [-0.39, 0.29) is 0 Å². The SMILES string of the molecule is CCN1CCC(Nc2cc(C(=O)O)ccc2C)CC1. The quantitative estimate of drug-likeness (QED) is 0.875. The molecule has 1 heterocycles. The molecule has 0 aliphatic carbocycles. The summed E-state index contributed by atoms with van der Waals surface area (Å²) >= 11 is 0. The van der Waals surface area contributed by atoms with Gasteiger partial charge in [0.15, 0.2) is 0 Å². The minimum Gasteiger partial charge on any atom is -0.478 e. The predicted molar refractivity (Wildman–Crippen MR) is 76.9 cm³/mol. The van der Waals surface area contributed by atoms with Crippen molar-refractivity contribution in [1.29, 1.82) is 0 Å². The number of piperidine rings is 1. The van der Waals surface area contributed by atoms with Crippen LogP contribution in [0.5, 0.6) is 0 Å². The fourth-order valence-electron chi connectivity index (χ4n) is 2.52. The molecule has 4 nitrogen and oxygen atoms in total. The Morgan fingerprint density at radius 3 is 2.68 bits per heavy atom. The van der Waals surface area contributed by atoms with Crippen LogP contribution in [0.4, 0.5) is 5.69 Å². The number of carbonyl (C=O) groups is 1. The molecule has 0 saturated carbocycles. The molecule has 1 aromatic rings. The maximum absolute atomic E-state index is 11.0. The molecule has 2 N–H and O–H groups in total. The number of aromatic carboxylic acids is 1. The number of likely N-dealkylation sites (tertiary alicyclic amines) is 1. The Hall–Kier alpha value is -1.55. The number of hydrogen-bond donors (Lipinski definition) is 2. The number of carboxylic acid groups (broad SMARTS) is 1. The second-order valence-corrected chi connectivity index (χ2v) is 5.19. The molecule has 1 fully saturated rings. The molecule has 0 spiro atoms. The van der Waals surface area contributed by atoms with Gasteiger partial charge in [0, 0.05) is 24.8 Å². The molecule has 104 valence electrons. The van der Waals surface area contributed by atoms with Crippen LogP contribution < -0.4 is 5.32 Å². The highest BCUT2D eigenvalue weighted by molar-refractivity contribution is 5.89. The van der Waals surface area contributed by atoms with Gasteiger partial charge < -0.3 is 15.3 Å². The van der Waals surface area contributed by atoms with Crippen molar-refractivity contribution >= 4 is 11.7 Å². The van der Waals surface area contributed by atoms with E-state index in [1.807, 2.05) is 13.0 Å². The van der Waals surface area contributed by atoms with Gasteiger partial charge in [0.25, 0.3) is 0 Å². The van der Waals surface area contributed by atoms with Crippen LogP contribution in [0.25, 0.3) is 0 Å². The molecule has 1 aromatic carbocycles. The van der Waals surface area contributed by atoms with Crippen molar-refractivity contribution < 1.29 is 9.90 Å². The molecule has 0 unspecified atom stereocenters. The van der Waals surface area contributed by atoms with E-state index in [0.717, 1.165) is 43.7 Å². The van der Waals surface area contributed by atoms with Gasteiger partial charge >= 0.3 is 5.97 Å². The van der Waals surface area contributed by atoms with Crippen LogP contribution in [0.15, 0.2) is 18.2 Å². The molecule has 2 rings (SSSR count). The number of nitrogens with one attached hydrogen (secondary N) is 1. The average molecular weight is 262 g/mol. The van der Waals surface area contributed by atoms with Gasteiger partial charge in [-0.1, -0.05) is 13.0 Å². The Morgan fingerprint density at radius 2 is 2.11 bits per heavy atom. The molecule has 1 saturated heterocycles. The molecule has 1 aliphatic heterocycles. The first-order valence-corrected chi connectivity index (χ1v) is 6.93. The van der Waals surface area contributed by atoms with Crippen LogP contribution in [-0.2, 0) is 0 Å². The lowest BCUT2D eigenvalue weighted by molar-refractivity contribution is 0.0697. The van der Waals surface area contributed by atoms with Crippen molar-refractivity contribution in [2.45, 2.75) is 32.7 Å². The van der Waals surface area contributed by atoms with Gasteiger partial charge in [-0.25, -0.2) is 4.79 Å². The third kappa shape index (κ3) is 3.47. The van der Waals surface area contributed by atoms with Crippen LogP contribution in [-0.4, -0.2) is 41.7 Å². The minimum atomic E-state index is -0.871. The highest BCUT2D eigenvalue weighted by atomic mass is 16.4. The summed E-state index contributed by atoms with van der Waals surface area (Å²) in [6.07, 6.45) is 2.23. The highest BCUT2D eigenvalue weighted by Crippen LogP contribution is 2.21. The molecule has 0 atom stereocenters. The lowest BCUT2D eigenvalue weighted by Gasteiger charge is -2.32. The van der Waals surface area contributed by atoms with Crippen LogP contribution >= 0.6 is 0 Å². The van der Waals surface area contributed by atoms with Gasteiger partial charge in [0.05, 0.1) is 5.56 Å². The summed E-state index contributed by atoms with van der Waals surface area (Å²) in [7, 11) is 0. The van der Waals surface area contributed by atoms with E-state index in [9.17, 15) is 4.79 Å². The zero-order chi connectivity index (χ0) is 13.8. The van der Waals surface area contributed by atoms with Crippen LogP contribution in [0.1, 0.15) is 35.7 Å². The molecular formula is C15H22N2O2. The van der Waals surface area contributed by atoms with E-state index in [2.05, 4.69) is 17.1 Å². The predicted octanol–water partition coefficient (Wildman–Crippen LogP) is 2.59. The van der Waals surface area contributed by atoms with Crippen LogP contribution in [0.2, 0.25) is 0 Å². The first-order chi connectivity index (χ1) is 9.10. The second-order valence-electron chi connectivity index (χ2n) is 5.19. The maximum atomic E-state index is 11.0. The number of aryl methyl sites for hydroxylation is 1. The topological polar surface area (TPSA) is 52.6 Å². The number of carboxylic acids is 1. The second kappa shape index (κ2) is 6.06. The molecule has 19 heavy (non-hydrogen) atoms. The van der Waals surface area contributed by atoms with Crippen molar-refractivity contribution in [3.63, 3.8) is 0 Å². The molecule has 1 aliphatic rings. The van der Waals surface area contributed by atoms with Gasteiger partial charge in [-0.05, 0) is 44.0 Å². The fraction of sp³-hybridized carbons (Fsp3) is 0.533. The standard InChI is InChI=1S/C15H22N2O2/c1-3-17-8-6-13(7-9-17)16-14-10-12(15(18)19)5-4-11(14)2/h4-5,10,13,16H,3,6-9H2,1-2H3,(H,18,19).